The average molecular weight is 373 g/mol. The van der Waals surface area contributed by atoms with E-state index in [9.17, 15) is 19.3 Å². The van der Waals surface area contributed by atoms with Crippen molar-refractivity contribution in [3.8, 4) is 0 Å². The lowest BCUT2D eigenvalue weighted by molar-refractivity contribution is -0.385. The molecule has 0 saturated carbocycles. The van der Waals surface area contributed by atoms with Gasteiger partial charge in [0, 0.05) is 28.1 Å². The molecule has 0 unspecified atom stereocenters. The fraction of sp³-hybridized carbons (Fsp3) is 0.0714. The Kier molecular flexibility index (Phi) is 4.69. The van der Waals surface area contributed by atoms with E-state index in [4.69, 9.17) is 11.6 Å². The molecule has 0 bridgehead atoms. The van der Waals surface area contributed by atoms with E-state index in [-0.39, 0.29) is 21.8 Å². The average Bonchev–Trinajstić information content (AvgIpc) is 2.45. The Hall–Kier alpha value is -1.79. The van der Waals surface area contributed by atoms with Crippen LogP contribution >= 0.6 is 27.5 Å². The number of benzene rings is 2. The summed E-state index contributed by atoms with van der Waals surface area (Å²) in [5, 5.41) is 11.3. The molecule has 0 aliphatic rings. The van der Waals surface area contributed by atoms with Gasteiger partial charge in [-0.1, -0.05) is 39.7 Å². The number of hydrogen-bond donors (Lipinski definition) is 0. The zero-order valence-corrected chi connectivity index (χ0v) is 12.8. The van der Waals surface area contributed by atoms with Crippen LogP contribution in [-0.2, 0) is 5.33 Å². The van der Waals surface area contributed by atoms with Crippen molar-refractivity contribution >= 4 is 39.0 Å². The van der Waals surface area contributed by atoms with Crippen LogP contribution in [0.25, 0.3) is 0 Å². The van der Waals surface area contributed by atoms with Gasteiger partial charge in [0.2, 0.25) is 0 Å². The maximum absolute atomic E-state index is 13.0. The summed E-state index contributed by atoms with van der Waals surface area (Å²) < 4.78 is 13.0. The van der Waals surface area contributed by atoms with Crippen LogP contribution in [0.4, 0.5) is 10.1 Å². The lowest BCUT2D eigenvalue weighted by atomic mass is 10.0. The predicted octanol–water partition coefficient (Wildman–Crippen LogP) is 4.51. The molecule has 0 heterocycles. The van der Waals surface area contributed by atoms with Crippen molar-refractivity contribution in [3.05, 3.63) is 74.0 Å². The molecule has 0 radical (unpaired) electrons. The highest BCUT2D eigenvalue weighted by Gasteiger charge is 2.19. The number of ketones is 1. The van der Waals surface area contributed by atoms with Gasteiger partial charge in [0.1, 0.15) is 5.82 Å². The zero-order valence-electron chi connectivity index (χ0n) is 10.5. The second kappa shape index (κ2) is 6.32. The monoisotopic (exact) mass is 371 g/mol. The number of halogens is 3. The van der Waals surface area contributed by atoms with Crippen LogP contribution in [0.5, 0.6) is 0 Å². The third-order valence-corrected chi connectivity index (χ3v) is 3.78. The number of nitrogens with zero attached hydrogens (tertiary/aromatic N) is 1. The topological polar surface area (TPSA) is 60.2 Å². The molecule has 7 heteroatoms. The van der Waals surface area contributed by atoms with Crippen molar-refractivity contribution in [1.29, 1.82) is 0 Å². The van der Waals surface area contributed by atoms with Gasteiger partial charge in [0.05, 0.1) is 9.95 Å². The molecule has 2 aromatic carbocycles. The standard InChI is InChI=1S/C14H8BrClFNO3/c15-7-9-2-1-8(5-13(9)18(20)21)14(19)11-4-3-10(17)6-12(11)16/h1-6H,7H2. The van der Waals surface area contributed by atoms with Crippen molar-refractivity contribution in [1.82, 2.24) is 0 Å². The molecule has 0 spiro atoms. The third-order valence-electron chi connectivity index (χ3n) is 2.86. The molecule has 0 N–H and O–H groups in total. The van der Waals surface area contributed by atoms with Crippen LogP contribution in [0.15, 0.2) is 36.4 Å². The molecule has 21 heavy (non-hydrogen) atoms. The highest BCUT2D eigenvalue weighted by molar-refractivity contribution is 9.08. The van der Waals surface area contributed by atoms with Gasteiger partial charge in [-0.3, -0.25) is 14.9 Å². The first-order valence-corrected chi connectivity index (χ1v) is 7.27. The van der Waals surface area contributed by atoms with Gasteiger partial charge in [-0.15, -0.1) is 0 Å². The molecule has 0 atom stereocenters. The summed E-state index contributed by atoms with van der Waals surface area (Å²) in [6.07, 6.45) is 0. The van der Waals surface area contributed by atoms with Gasteiger partial charge >= 0.3 is 0 Å². The van der Waals surface area contributed by atoms with Crippen LogP contribution in [0.2, 0.25) is 5.02 Å². The minimum Gasteiger partial charge on any atom is -0.289 e. The van der Waals surface area contributed by atoms with E-state index < -0.39 is 16.5 Å². The van der Waals surface area contributed by atoms with Crippen LogP contribution in [-0.4, -0.2) is 10.7 Å². The molecular weight excluding hydrogens is 365 g/mol. The highest BCUT2D eigenvalue weighted by atomic mass is 79.9. The van der Waals surface area contributed by atoms with Gasteiger partial charge in [0.25, 0.3) is 5.69 Å². The number of nitro groups is 1. The maximum Gasteiger partial charge on any atom is 0.274 e. The summed E-state index contributed by atoms with van der Waals surface area (Å²) in [4.78, 5) is 22.8. The fourth-order valence-corrected chi connectivity index (χ4v) is 2.54. The van der Waals surface area contributed by atoms with E-state index in [0.717, 1.165) is 12.1 Å². The minimum absolute atomic E-state index is 0.0350. The molecule has 4 nitrogen and oxygen atoms in total. The largest absolute Gasteiger partial charge is 0.289 e. The molecule has 0 aromatic heterocycles. The zero-order chi connectivity index (χ0) is 15.6. The van der Waals surface area contributed by atoms with Crippen molar-refractivity contribution in [2.75, 3.05) is 0 Å². The Bertz CT molecular complexity index is 736. The Balaban J connectivity index is 2.48. The molecular formula is C14H8BrClFNO3. The molecule has 2 rings (SSSR count). The number of rotatable bonds is 4. The van der Waals surface area contributed by atoms with Crippen molar-refractivity contribution < 1.29 is 14.1 Å². The molecule has 0 aliphatic carbocycles. The Labute approximate surface area is 132 Å². The number of carbonyl (C=O) groups is 1. The first-order chi connectivity index (χ1) is 9.93. The quantitative estimate of drug-likeness (QED) is 0.343. The van der Waals surface area contributed by atoms with Crippen LogP contribution < -0.4 is 0 Å². The van der Waals surface area contributed by atoms with E-state index >= 15 is 0 Å². The number of nitro benzene ring substituents is 1. The summed E-state index contributed by atoms with van der Waals surface area (Å²) in [5.74, 6) is -1.05. The van der Waals surface area contributed by atoms with Crippen LogP contribution in [0.1, 0.15) is 21.5 Å². The summed E-state index contributed by atoms with van der Waals surface area (Å²) in [5.41, 5.74) is 0.525. The first-order valence-electron chi connectivity index (χ1n) is 5.77. The van der Waals surface area contributed by atoms with Crippen LogP contribution in [0, 0.1) is 15.9 Å². The van der Waals surface area contributed by atoms with Gasteiger partial charge in [-0.05, 0) is 18.2 Å². The third kappa shape index (κ3) is 3.28. The second-order valence-electron chi connectivity index (χ2n) is 4.19. The predicted molar refractivity (Wildman–Crippen MR) is 80.6 cm³/mol. The van der Waals surface area contributed by atoms with E-state index in [2.05, 4.69) is 15.9 Å². The van der Waals surface area contributed by atoms with Crippen LogP contribution in [0.3, 0.4) is 0 Å². The van der Waals surface area contributed by atoms with E-state index in [1.165, 1.54) is 24.3 Å². The molecule has 0 saturated heterocycles. The van der Waals surface area contributed by atoms with Crippen molar-refractivity contribution in [3.63, 3.8) is 0 Å². The summed E-state index contributed by atoms with van der Waals surface area (Å²) >= 11 is 8.98. The Morgan fingerprint density at radius 2 is 2.00 bits per heavy atom. The van der Waals surface area contributed by atoms with E-state index in [0.29, 0.717) is 10.9 Å². The Morgan fingerprint density at radius 1 is 1.29 bits per heavy atom. The molecule has 2 aromatic rings. The van der Waals surface area contributed by atoms with Crippen molar-refractivity contribution in [2.24, 2.45) is 0 Å². The van der Waals surface area contributed by atoms with Gasteiger partial charge in [-0.25, -0.2) is 4.39 Å². The van der Waals surface area contributed by atoms with E-state index in [1.807, 2.05) is 0 Å². The summed E-state index contributed by atoms with van der Waals surface area (Å²) in [6.45, 7) is 0. The minimum atomic E-state index is -0.558. The number of alkyl halides is 1. The molecule has 108 valence electrons. The highest BCUT2D eigenvalue weighted by Crippen LogP contribution is 2.26. The summed E-state index contributed by atoms with van der Waals surface area (Å²) in [7, 11) is 0. The first kappa shape index (κ1) is 15.6. The van der Waals surface area contributed by atoms with E-state index in [1.54, 1.807) is 0 Å². The lowest BCUT2D eigenvalue weighted by Crippen LogP contribution is -2.04. The van der Waals surface area contributed by atoms with Crippen molar-refractivity contribution in [2.45, 2.75) is 5.33 Å². The smallest absolute Gasteiger partial charge is 0.274 e. The normalized spacial score (nSPS) is 10.4. The fourth-order valence-electron chi connectivity index (χ4n) is 1.82. The molecule has 0 amide bonds. The number of carbonyl (C=O) groups excluding carboxylic acids is 1. The SMILES string of the molecule is O=C(c1ccc(CBr)c([N+](=O)[O-])c1)c1ccc(F)cc1Cl. The van der Waals surface area contributed by atoms with Gasteiger partial charge < -0.3 is 0 Å². The maximum atomic E-state index is 13.0. The van der Waals surface area contributed by atoms with Gasteiger partial charge in [0.15, 0.2) is 5.78 Å². The van der Waals surface area contributed by atoms with Gasteiger partial charge in [-0.2, -0.15) is 0 Å². The molecule has 0 fully saturated rings. The second-order valence-corrected chi connectivity index (χ2v) is 5.16. The Morgan fingerprint density at radius 3 is 2.57 bits per heavy atom. The molecule has 0 aliphatic heterocycles. The summed E-state index contributed by atoms with van der Waals surface area (Å²) in [6, 6.07) is 7.56. The lowest BCUT2D eigenvalue weighted by Gasteiger charge is -2.05. The number of hydrogen-bond acceptors (Lipinski definition) is 3.